The summed E-state index contributed by atoms with van der Waals surface area (Å²) in [6, 6.07) is 15.2. The molecule has 0 bridgehead atoms. The van der Waals surface area contributed by atoms with E-state index >= 15 is 0 Å². The first-order chi connectivity index (χ1) is 12.3. The number of anilines is 1. The van der Waals surface area contributed by atoms with E-state index in [0.717, 1.165) is 11.1 Å². The normalized spacial score (nSPS) is 11.0. The van der Waals surface area contributed by atoms with E-state index in [9.17, 15) is 9.59 Å². The van der Waals surface area contributed by atoms with Gasteiger partial charge in [0.2, 0.25) is 11.8 Å². The molecule has 1 N–H and O–H groups in total. The number of carbonyl (C=O) groups is 2. The first-order valence-electron chi connectivity index (χ1n) is 8.51. The second-order valence-electron chi connectivity index (χ2n) is 6.93. The molecule has 26 heavy (non-hydrogen) atoms. The summed E-state index contributed by atoms with van der Waals surface area (Å²) in [6.45, 7) is 5.64. The molecule has 5 heteroatoms. The van der Waals surface area contributed by atoms with Gasteiger partial charge in [-0.2, -0.15) is 0 Å². The number of hydrogen-bond acceptors (Lipinski definition) is 3. The van der Waals surface area contributed by atoms with Crippen molar-refractivity contribution in [3.05, 3.63) is 59.7 Å². The zero-order valence-corrected chi connectivity index (χ0v) is 16.0. The molecule has 0 radical (unpaired) electrons. The average Bonchev–Trinajstić information content (AvgIpc) is 2.62. The van der Waals surface area contributed by atoms with Crippen molar-refractivity contribution in [3.8, 4) is 5.75 Å². The van der Waals surface area contributed by atoms with Crippen LogP contribution in [0.15, 0.2) is 48.5 Å². The maximum absolute atomic E-state index is 12.9. The summed E-state index contributed by atoms with van der Waals surface area (Å²) in [7, 11) is 3.25. The summed E-state index contributed by atoms with van der Waals surface area (Å²) >= 11 is 0. The van der Waals surface area contributed by atoms with Crippen molar-refractivity contribution in [2.24, 2.45) is 5.41 Å². The van der Waals surface area contributed by atoms with Crippen LogP contribution in [-0.4, -0.2) is 30.9 Å². The van der Waals surface area contributed by atoms with E-state index in [1.54, 1.807) is 39.0 Å². The van der Waals surface area contributed by atoms with E-state index in [2.05, 4.69) is 5.32 Å². The van der Waals surface area contributed by atoms with Crippen molar-refractivity contribution >= 4 is 17.5 Å². The summed E-state index contributed by atoms with van der Waals surface area (Å²) in [5, 5.41) is 2.83. The maximum atomic E-state index is 12.9. The summed E-state index contributed by atoms with van der Waals surface area (Å²) in [5.41, 5.74) is 1.36. The van der Waals surface area contributed by atoms with Crippen molar-refractivity contribution in [3.63, 3.8) is 0 Å². The Morgan fingerprint density at radius 2 is 1.77 bits per heavy atom. The molecular formula is C21H26N2O3. The lowest BCUT2D eigenvalue weighted by atomic mass is 9.90. The molecule has 0 spiro atoms. The number of methoxy groups -OCH3 is 1. The fourth-order valence-electron chi connectivity index (χ4n) is 2.70. The van der Waals surface area contributed by atoms with E-state index < -0.39 is 5.41 Å². The van der Waals surface area contributed by atoms with E-state index in [1.165, 1.54) is 0 Å². The third-order valence-electron chi connectivity index (χ3n) is 4.31. The molecular weight excluding hydrogens is 328 g/mol. The number of rotatable bonds is 6. The molecule has 0 aliphatic rings. The van der Waals surface area contributed by atoms with Gasteiger partial charge >= 0.3 is 0 Å². The molecule has 2 aromatic rings. The van der Waals surface area contributed by atoms with Gasteiger partial charge in [0.15, 0.2) is 0 Å². The van der Waals surface area contributed by atoms with Gasteiger partial charge in [-0.15, -0.1) is 0 Å². The largest absolute Gasteiger partial charge is 0.495 e. The van der Waals surface area contributed by atoms with E-state index in [-0.39, 0.29) is 11.8 Å². The van der Waals surface area contributed by atoms with Gasteiger partial charge in [-0.3, -0.25) is 9.59 Å². The van der Waals surface area contributed by atoms with E-state index in [0.29, 0.717) is 18.0 Å². The topological polar surface area (TPSA) is 58.6 Å². The zero-order chi connectivity index (χ0) is 19.3. The van der Waals surface area contributed by atoms with Gasteiger partial charge in [0, 0.05) is 13.6 Å². The van der Waals surface area contributed by atoms with Crippen molar-refractivity contribution < 1.29 is 14.3 Å². The monoisotopic (exact) mass is 354 g/mol. The number of hydrogen-bond donors (Lipinski definition) is 1. The van der Waals surface area contributed by atoms with Gasteiger partial charge in [-0.1, -0.05) is 36.4 Å². The van der Waals surface area contributed by atoms with Gasteiger partial charge < -0.3 is 15.0 Å². The molecule has 0 aliphatic heterocycles. The van der Waals surface area contributed by atoms with Crippen LogP contribution < -0.4 is 10.1 Å². The summed E-state index contributed by atoms with van der Waals surface area (Å²) in [5.74, 6) is -0.0541. The number of benzene rings is 2. The number of nitrogens with zero attached hydrogens (tertiary/aromatic N) is 1. The fraction of sp³-hybridized carbons (Fsp3) is 0.333. The lowest BCUT2D eigenvalue weighted by Gasteiger charge is -2.28. The van der Waals surface area contributed by atoms with Crippen molar-refractivity contribution in [1.82, 2.24) is 4.90 Å². The van der Waals surface area contributed by atoms with Crippen LogP contribution in [0.5, 0.6) is 5.75 Å². The van der Waals surface area contributed by atoms with Crippen LogP contribution in [0.1, 0.15) is 25.0 Å². The highest BCUT2D eigenvalue weighted by molar-refractivity contribution is 6.10. The smallest absolute Gasteiger partial charge is 0.239 e. The van der Waals surface area contributed by atoms with Gasteiger partial charge in [-0.25, -0.2) is 0 Å². The quantitative estimate of drug-likeness (QED) is 0.806. The molecule has 5 nitrogen and oxygen atoms in total. The maximum Gasteiger partial charge on any atom is 0.239 e. The number of nitrogens with one attached hydrogen (secondary N) is 1. The molecule has 0 aliphatic carbocycles. The Balaban J connectivity index is 2.13. The molecule has 0 heterocycles. The minimum Gasteiger partial charge on any atom is -0.495 e. The number of ether oxygens (including phenoxy) is 1. The van der Waals surface area contributed by atoms with Crippen LogP contribution in [0.4, 0.5) is 5.69 Å². The molecule has 0 saturated heterocycles. The van der Waals surface area contributed by atoms with Crippen LogP contribution in [0, 0.1) is 12.3 Å². The lowest BCUT2D eigenvalue weighted by Crippen LogP contribution is -2.45. The Morgan fingerprint density at radius 3 is 2.38 bits per heavy atom. The van der Waals surface area contributed by atoms with Crippen LogP contribution in [0.25, 0.3) is 0 Å². The highest BCUT2D eigenvalue weighted by Crippen LogP contribution is 2.28. The summed E-state index contributed by atoms with van der Waals surface area (Å²) in [6.07, 6.45) is 0. The molecule has 138 valence electrons. The van der Waals surface area contributed by atoms with Crippen LogP contribution in [0.3, 0.4) is 0 Å². The van der Waals surface area contributed by atoms with Gasteiger partial charge in [0.1, 0.15) is 11.2 Å². The minimum atomic E-state index is -1.21. The molecule has 0 saturated carbocycles. The second kappa shape index (κ2) is 8.04. The van der Waals surface area contributed by atoms with Crippen molar-refractivity contribution in [2.45, 2.75) is 27.3 Å². The van der Waals surface area contributed by atoms with E-state index in [4.69, 9.17) is 4.74 Å². The Labute approximate surface area is 155 Å². The zero-order valence-electron chi connectivity index (χ0n) is 16.0. The Kier molecular flexibility index (Phi) is 6.03. The Morgan fingerprint density at radius 1 is 1.12 bits per heavy atom. The van der Waals surface area contributed by atoms with Crippen LogP contribution >= 0.6 is 0 Å². The number of aryl methyl sites for hydroxylation is 1. The molecule has 2 rings (SSSR count). The molecule has 0 aromatic heterocycles. The molecule has 0 atom stereocenters. The SMILES string of the molecule is COc1ccc(C)cc1NC(=O)C(C)(C)C(=O)N(C)Cc1ccccc1. The van der Waals surface area contributed by atoms with Crippen LogP contribution in [0.2, 0.25) is 0 Å². The Bertz CT molecular complexity index is 785. The standard InChI is InChI=1S/C21H26N2O3/c1-15-11-12-18(26-5)17(13-15)22-19(24)21(2,3)20(25)23(4)14-16-9-7-6-8-10-16/h6-13H,14H2,1-5H3,(H,22,24). The third kappa shape index (κ3) is 4.42. The van der Waals surface area contributed by atoms with Gasteiger partial charge in [-0.05, 0) is 44.0 Å². The predicted molar refractivity (Wildman–Crippen MR) is 103 cm³/mol. The van der Waals surface area contributed by atoms with Gasteiger partial charge in [0.05, 0.1) is 12.8 Å². The first kappa shape index (κ1) is 19.5. The second-order valence-corrected chi connectivity index (χ2v) is 6.93. The van der Waals surface area contributed by atoms with E-state index in [1.807, 2.05) is 49.4 Å². The minimum absolute atomic E-state index is 0.245. The Hall–Kier alpha value is -2.82. The van der Waals surface area contributed by atoms with Crippen molar-refractivity contribution in [2.75, 3.05) is 19.5 Å². The highest BCUT2D eigenvalue weighted by atomic mass is 16.5. The van der Waals surface area contributed by atoms with Crippen LogP contribution in [-0.2, 0) is 16.1 Å². The summed E-state index contributed by atoms with van der Waals surface area (Å²) < 4.78 is 5.29. The number of carbonyl (C=O) groups excluding carboxylic acids is 2. The summed E-state index contributed by atoms with van der Waals surface area (Å²) in [4.78, 5) is 27.2. The molecule has 2 aromatic carbocycles. The molecule has 0 fully saturated rings. The van der Waals surface area contributed by atoms with Gasteiger partial charge in [0.25, 0.3) is 0 Å². The number of amides is 2. The highest BCUT2D eigenvalue weighted by Gasteiger charge is 2.38. The first-order valence-corrected chi connectivity index (χ1v) is 8.51. The fourth-order valence-corrected chi connectivity index (χ4v) is 2.70. The molecule has 2 amide bonds. The average molecular weight is 354 g/mol. The third-order valence-corrected chi connectivity index (χ3v) is 4.31. The predicted octanol–water partition coefficient (Wildman–Crippen LogP) is 3.63. The molecule has 0 unspecified atom stereocenters. The van der Waals surface area contributed by atoms with Crippen molar-refractivity contribution in [1.29, 1.82) is 0 Å². The lowest BCUT2D eigenvalue weighted by molar-refractivity contribution is -0.145.